The number of amides is 3. The normalized spacial score (nSPS) is 19.8. The van der Waals surface area contributed by atoms with E-state index in [1.807, 2.05) is 0 Å². The molecule has 2 aliphatic rings. The highest BCUT2D eigenvalue weighted by Gasteiger charge is 2.45. The van der Waals surface area contributed by atoms with Gasteiger partial charge in [-0.3, -0.25) is 14.7 Å². The number of carbonyl (C=O) groups is 2. The van der Waals surface area contributed by atoms with Gasteiger partial charge < -0.3 is 10.2 Å². The van der Waals surface area contributed by atoms with Gasteiger partial charge in [0.2, 0.25) is 5.91 Å². The molecule has 0 aliphatic carbocycles. The molecule has 0 aromatic heterocycles. The third-order valence-corrected chi connectivity index (χ3v) is 6.68. The quantitative estimate of drug-likeness (QED) is 0.437. The van der Waals surface area contributed by atoms with E-state index in [4.69, 9.17) is 16.6 Å². The van der Waals surface area contributed by atoms with Gasteiger partial charge in [-0.1, -0.05) is 48.0 Å². The SMILES string of the molecule is O=C1CN(C(=O)N2C(c3cccc(C(F)(F)F)c3)=NC(c3ccc(Cl)cc3)C2c2cccc(F)c2)CCN1. The molecule has 38 heavy (non-hydrogen) atoms. The van der Waals surface area contributed by atoms with Crippen LogP contribution < -0.4 is 5.32 Å². The van der Waals surface area contributed by atoms with Crippen LogP contribution in [0.3, 0.4) is 0 Å². The smallest absolute Gasteiger partial charge is 0.353 e. The number of benzene rings is 3. The topological polar surface area (TPSA) is 65.0 Å². The van der Waals surface area contributed by atoms with Gasteiger partial charge in [-0.15, -0.1) is 0 Å². The van der Waals surface area contributed by atoms with E-state index >= 15 is 0 Å². The van der Waals surface area contributed by atoms with Crippen LogP contribution in [0.1, 0.15) is 34.3 Å². The summed E-state index contributed by atoms with van der Waals surface area (Å²) in [6, 6.07) is 14.5. The minimum absolute atomic E-state index is 0.0127. The van der Waals surface area contributed by atoms with E-state index in [2.05, 4.69) is 5.32 Å². The molecule has 0 bridgehead atoms. The summed E-state index contributed by atoms with van der Waals surface area (Å²) in [4.78, 5) is 33.4. The van der Waals surface area contributed by atoms with E-state index in [0.29, 0.717) is 16.1 Å². The second-order valence-electron chi connectivity index (χ2n) is 8.95. The van der Waals surface area contributed by atoms with Gasteiger partial charge in [-0.05, 0) is 47.5 Å². The van der Waals surface area contributed by atoms with Crippen LogP contribution in [0, 0.1) is 5.82 Å². The van der Waals surface area contributed by atoms with Crippen molar-refractivity contribution in [2.45, 2.75) is 18.3 Å². The number of nitrogens with one attached hydrogen (secondary N) is 1. The van der Waals surface area contributed by atoms with E-state index in [9.17, 15) is 27.2 Å². The van der Waals surface area contributed by atoms with E-state index in [1.54, 1.807) is 30.3 Å². The van der Waals surface area contributed by atoms with E-state index < -0.39 is 35.7 Å². The standard InChI is InChI=1S/C27H21ClF4N4O2/c28-20-9-7-16(8-10-20)23-24(17-3-2-6-21(29)14-17)36(26(38)35-12-11-33-22(37)15-35)25(34-23)18-4-1-5-19(13-18)27(30,31)32/h1-10,13-14,23-24H,11-12,15H2,(H,33,37). The van der Waals surface area contributed by atoms with Crippen molar-refractivity contribution in [2.24, 2.45) is 4.99 Å². The van der Waals surface area contributed by atoms with Crippen molar-refractivity contribution in [1.82, 2.24) is 15.1 Å². The number of nitrogens with zero attached hydrogens (tertiary/aromatic N) is 3. The first kappa shape index (κ1) is 25.7. The molecule has 3 aromatic rings. The van der Waals surface area contributed by atoms with Gasteiger partial charge in [0.15, 0.2) is 0 Å². The Bertz CT molecular complexity index is 1410. The maximum atomic E-state index is 14.4. The minimum atomic E-state index is -4.62. The maximum absolute atomic E-state index is 14.4. The summed E-state index contributed by atoms with van der Waals surface area (Å²) in [6.07, 6.45) is -4.62. The number of aliphatic imine (C=N–C) groups is 1. The van der Waals surface area contributed by atoms with Gasteiger partial charge in [0.1, 0.15) is 24.2 Å². The lowest BCUT2D eigenvalue weighted by atomic mass is 9.93. The number of hydrogen-bond donors (Lipinski definition) is 1. The van der Waals surface area contributed by atoms with Crippen molar-refractivity contribution in [2.75, 3.05) is 19.6 Å². The number of halogens is 5. The molecule has 3 aromatic carbocycles. The third kappa shape index (κ3) is 5.08. The Morgan fingerprint density at radius 2 is 1.74 bits per heavy atom. The summed E-state index contributed by atoms with van der Waals surface area (Å²) < 4.78 is 55.1. The van der Waals surface area contributed by atoms with Crippen LogP contribution >= 0.6 is 11.6 Å². The lowest BCUT2D eigenvalue weighted by molar-refractivity contribution is -0.137. The van der Waals surface area contributed by atoms with Crippen LogP contribution in [0.15, 0.2) is 77.8 Å². The Labute approximate surface area is 220 Å². The van der Waals surface area contributed by atoms with Gasteiger partial charge in [0, 0.05) is 23.7 Å². The van der Waals surface area contributed by atoms with Crippen LogP contribution in [0.4, 0.5) is 22.4 Å². The fraction of sp³-hybridized carbons (Fsp3) is 0.222. The van der Waals surface area contributed by atoms with E-state index in [1.165, 1.54) is 40.1 Å². The number of rotatable bonds is 3. The zero-order valence-corrected chi connectivity index (χ0v) is 20.5. The summed E-state index contributed by atoms with van der Waals surface area (Å²) >= 11 is 6.07. The fourth-order valence-corrected chi connectivity index (χ4v) is 4.81. The number of hydrogen-bond acceptors (Lipinski definition) is 3. The zero-order valence-electron chi connectivity index (χ0n) is 19.8. The predicted molar refractivity (Wildman–Crippen MR) is 133 cm³/mol. The summed E-state index contributed by atoms with van der Waals surface area (Å²) in [5, 5.41) is 3.11. The second-order valence-corrected chi connectivity index (χ2v) is 9.39. The van der Waals surface area contributed by atoms with Gasteiger partial charge in [-0.2, -0.15) is 13.2 Å². The van der Waals surface area contributed by atoms with Crippen molar-refractivity contribution in [3.05, 3.63) is 106 Å². The molecule has 0 saturated carbocycles. The molecule has 2 atom stereocenters. The third-order valence-electron chi connectivity index (χ3n) is 6.43. The molecule has 0 spiro atoms. The van der Waals surface area contributed by atoms with Gasteiger partial charge >= 0.3 is 12.2 Å². The van der Waals surface area contributed by atoms with Gasteiger partial charge in [0.05, 0.1) is 11.6 Å². The van der Waals surface area contributed by atoms with Crippen LogP contribution in [0.25, 0.3) is 0 Å². The number of urea groups is 1. The lowest BCUT2D eigenvalue weighted by Crippen LogP contribution is -2.55. The summed E-state index contributed by atoms with van der Waals surface area (Å²) in [5.74, 6) is -0.922. The van der Waals surface area contributed by atoms with Crippen molar-refractivity contribution < 1.29 is 27.2 Å². The molecule has 196 valence electrons. The molecule has 11 heteroatoms. The number of alkyl halides is 3. The molecule has 2 heterocycles. The van der Waals surface area contributed by atoms with E-state index in [-0.39, 0.29) is 36.9 Å². The average molecular weight is 545 g/mol. The summed E-state index contributed by atoms with van der Waals surface area (Å²) in [6.45, 7) is 0.185. The molecule has 2 unspecified atom stereocenters. The Morgan fingerprint density at radius 3 is 2.42 bits per heavy atom. The minimum Gasteiger partial charge on any atom is -0.353 e. The van der Waals surface area contributed by atoms with Crippen molar-refractivity contribution in [1.29, 1.82) is 0 Å². The predicted octanol–water partition coefficient (Wildman–Crippen LogP) is 5.59. The number of amidine groups is 1. The molecule has 0 radical (unpaired) electrons. The monoisotopic (exact) mass is 544 g/mol. The largest absolute Gasteiger partial charge is 0.416 e. The van der Waals surface area contributed by atoms with Crippen LogP contribution in [-0.2, 0) is 11.0 Å². The highest BCUT2D eigenvalue weighted by Crippen LogP contribution is 2.44. The highest BCUT2D eigenvalue weighted by atomic mass is 35.5. The van der Waals surface area contributed by atoms with Crippen molar-refractivity contribution in [3.8, 4) is 0 Å². The number of carbonyl (C=O) groups excluding carboxylic acids is 2. The number of piperazine rings is 1. The first-order valence-corrected chi connectivity index (χ1v) is 12.1. The second kappa shape index (κ2) is 10.1. The zero-order chi connectivity index (χ0) is 27.0. The Balaban J connectivity index is 1.69. The van der Waals surface area contributed by atoms with Crippen LogP contribution in [-0.4, -0.2) is 47.2 Å². The summed E-state index contributed by atoms with van der Waals surface area (Å²) in [7, 11) is 0. The van der Waals surface area contributed by atoms with E-state index in [0.717, 1.165) is 12.1 Å². The molecule has 1 saturated heterocycles. The molecule has 5 rings (SSSR count). The Morgan fingerprint density at radius 1 is 1.00 bits per heavy atom. The molecular weight excluding hydrogens is 524 g/mol. The molecule has 1 fully saturated rings. The lowest BCUT2D eigenvalue weighted by Gasteiger charge is -2.35. The van der Waals surface area contributed by atoms with Crippen molar-refractivity contribution in [3.63, 3.8) is 0 Å². The molecular formula is C27H21ClF4N4O2. The fourth-order valence-electron chi connectivity index (χ4n) is 4.69. The first-order valence-electron chi connectivity index (χ1n) is 11.7. The maximum Gasteiger partial charge on any atom is 0.416 e. The van der Waals surface area contributed by atoms with Crippen molar-refractivity contribution >= 4 is 29.4 Å². The van der Waals surface area contributed by atoms with Crippen LogP contribution in [0.2, 0.25) is 5.02 Å². The Kier molecular flexibility index (Phi) is 6.83. The highest BCUT2D eigenvalue weighted by molar-refractivity contribution is 6.30. The molecule has 6 nitrogen and oxygen atoms in total. The molecule has 3 amide bonds. The molecule has 1 N–H and O–H groups in total. The Hall–Kier alpha value is -3.92. The summed E-state index contributed by atoms with van der Waals surface area (Å²) in [5.41, 5.74) is 0.178. The average Bonchev–Trinajstić information content (AvgIpc) is 3.29. The van der Waals surface area contributed by atoms with Gasteiger partial charge in [0.25, 0.3) is 0 Å². The first-order chi connectivity index (χ1) is 18.1. The van der Waals surface area contributed by atoms with Crippen LogP contribution in [0.5, 0.6) is 0 Å². The molecule has 2 aliphatic heterocycles. The van der Waals surface area contributed by atoms with Gasteiger partial charge in [-0.25, -0.2) is 9.18 Å².